The summed E-state index contributed by atoms with van der Waals surface area (Å²) in [6.07, 6.45) is 0. The normalized spacial score (nSPS) is 11.0. The van der Waals surface area contributed by atoms with Crippen LogP contribution in [0.15, 0.2) is 36.4 Å². The van der Waals surface area contributed by atoms with E-state index in [0.717, 1.165) is 0 Å². The van der Waals surface area contributed by atoms with Gasteiger partial charge in [-0.25, -0.2) is 14.2 Å². The number of hydrogen-bond acceptors (Lipinski definition) is 2. The number of rotatable bonds is 2. The molecule has 3 aromatic rings. The number of carboxylic acid groups (broad SMARTS) is 1. The van der Waals surface area contributed by atoms with Gasteiger partial charge in [0.2, 0.25) is 0 Å². The molecule has 0 saturated carbocycles. The van der Waals surface area contributed by atoms with Gasteiger partial charge in [-0.05, 0) is 37.3 Å². The third-order valence-corrected chi connectivity index (χ3v) is 3.53. The van der Waals surface area contributed by atoms with E-state index in [1.54, 1.807) is 29.7 Å². The lowest BCUT2D eigenvalue weighted by Crippen LogP contribution is -2.02. The van der Waals surface area contributed by atoms with Crippen LogP contribution in [0.1, 0.15) is 16.2 Å². The van der Waals surface area contributed by atoms with Crippen LogP contribution in [0.25, 0.3) is 16.7 Å². The molecule has 2 aromatic carbocycles. The van der Waals surface area contributed by atoms with Crippen LogP contribution in [0.4, 0.5) is 4.39 Å². The summed E-state index contributed by atoms with van der Waals surface area (Å²) in [4.78, 5) is 15.4. The Balaban J connectivity index is 2.36. The molecule has 0 aliphatic heterocycles. The van der Waals surface area contributed by atoms with Crippen molar-refractivity contribution in [1.29, 1.82) is 0 Å². The van der Waals surface area contributed by atoms with Crippen LogP contribution < -0.4 is 0 Å². The van der Waals surface area contributed by atoms with Crippen LogP contribution in [-0.2, 0) is 0 Å². The molecule has 6 heteroatoms. The van der Waals surface area contributed by atoms with Gasteiger partial charge in [-0.2, -0.15) is 0 Å². The predicted octanol–water partition coefficient (Wildman–Crippen LogP) is 3.82. The molecule has 0 aliphatic carbocycles. The second-order valence-corrected chi connectivity index (χ2v) is 4.98. The van der Waals surface area contributed by atoms with E-state index in [2.05, 4.69) is 4.98 Å². The number of fused-ring (bicyclic) bond motifs is 1. The van der Waals surface area contributed by atoms with Crippen molar-refractivity contribution < 1.29 is 14.3 Å². The minimum absolute atomic E-state index is 0.00291. The Morgan fingerprint density at radius 3 is 2.81 bits per heavy atom. The number of imidazole rings is 1. The summed E-state index contributed by atoms with van der Waals surface area (Å²) in [5.74, 6) is -1.06. The van der Waals surface area contributed by atoms with E-state index in [1.165, 1.54) is 18.2 Å². The quantitative estimate of drug-likeness (QED) is 0.783. The number of carboxylic acids is 1. The minimum atomic E-state index is -1.05. The molecular formula is C15H10ClFN2O2. The smallest absolute Gasteiger partial charge is 0.335 e. The molecule has 0 radical (unpaired) electrons. The highest BCUT2D eigenvalue weighted by Crippen LogP contribution is 2.27. The molecule has 0 spiro atoms. The zero-order valence-electron chi connectivity index (χ0n) is 11.0. The Bertz CT molecular complexity index is 873. The summed E-state index contributed by atoms with van der Waals surface area (Å²) in [5.41, 5.74) is 1.47. The lowest BCUT2D eigenvalue weighted by atomic mass is 10.2. The average molecular weight is 305 g/mol. The summed E-state index contributed by atoms with van der Waals surface area (Å²) in [6.45, 7) is 1.72. The SMILES string of the molecule is Cc1nc2ccc(C(=O)O)cc2n1-c1cccc(Cl)c1F. The first-order valence-electron chi connectivity index (χ1n) is 6.16. The van der Waals surface area contributed by atoms with E-state index in [9.17, 15) is 9.18 Å². The Morgan fingerprint density at radius 1 is 1.33 bits per heavy atom. The van der Waals surface area contributed by atoms with Gasteiger partial charge in [0.05, 0.1) is 27.3 Å². The molecule has 0 unspecified atom stereocenters. The van der Waals surface area contributed by atoms with E-state index >= 15 is 0 Å². The van der Waals surface area contributed by atoms with Crippen molar-refractivity contribution in [3.63, 3.8) is 0 Å². The van der Waals surface area contributed by atoms with Crippen LogP contribution in [0.2, 0.25) is 5.02 Å². The van der Waals surface area contributed by atoms with E-state index in [-0.39, 0.29) is 16.3 Å². The Morgan fingerprint density at radius 2 is 2.10 bits per heavy atom. The maximum atomic E-state index is 14.2. The first-order valence-corrected chi connectivity index (χ1v) is 6.53. The van der Waals surface area contributed by atoms with Crippen LogP contribution in [0.5, 0.6) is 0 Å². The molecule has 0 atom stereocenters. The summed E-state index contributed by atoms with van der Waals surface area (Å²) < 4.78 is 15.8. The fraction of sp³-hybridized carbons (Fsp3) is 0.0667. The van der Waals surface area contributed by atoms with Crippen LogP contribution in [0, 0.1) is 12.7 Å². The molecule has 1 heterocycles. The topological polar surface area (TPSA) is 55.1 Å². The van der Waals surface area contributed by atoms with E-state index in [1.807, 2.05) is 0 Å². The first-order chi connectivity index (χ1) is 9.99. The number of carbonyl (C=O) groups is 1. The number of hydrogen-bond donors (Lipinski definition) is 1. The summed E-state index contributed by atoms with van der Waals surface area (Å²) in [6, 6.07) is 9.20. The fourth-order valence-corrected chi connectivity index (χ4v) is 2.47. The Labute approximate surface area is 124 Å². The van der Waals surface area contributed by atoms with Gasteiger partial charge in [0.1, 0.15) is 5.82 Å². The van der Waals surface area contributed by atoms with Gasteiger partial charge in [0.25, 0.3) is 0 Å². The molecule has 0 bridgehead atoms. The second kappa shape index (κ2) is 4.86. The second-order valence-electron chi connectivity index (χ2n) is 4.58. The molecule has 1 aromatic heterocycles. The van der Waals surface area contributed by atoms with Gasteiger partial charge in [0, 0.05) is 0 Å². The maximum absolute atomic E-state index is 14.2. The molecule has 0 saturated heterocycles. The predicted molar refractivity (Wildman–Crippen MR) is 77.7 cm³/mol. The fourth-order valence-electron chi connectivity index (χ4n) is 2.30. The minimum Gasteiger partial charge on any atom is -0.478 e. The number of benzene rings is 2. The van der Waals surface area contributed by atoms with Crippen LogP contribution in [-0.4, -0.2) is 20.6 Å². The largest absolute Gasteiger partial charge is 0.478 e. The number of nitrogens with zero attached hydrogens (tertiary/aromatic N) is 2. The van der Waals surface area contributed by atoms with Gasteiger partial charge < -0.3 is 5.11 Å². The standard InChI is InChI=1S/C15H10ClFN2O2/c1-8-18-11-6-5-9(15(20)21)7-13(11)19(8)12-4-2-3-10(16)14(12)17/h2-7H,1H3,(H,20,21). The van der Waals surface area contributed by atoms with Crippen LogP contribution >= 0.6 is 11.6 Å². The summed E-state index contributed by atoms with van der Waals surface area (Å²) >= 11 is 5.81. The number of aryl methyl sites for hydroxylation is 1. The molecule has 0 aliphatic rings. The maximum Gasteiger partial charge on any atom is 0.335 e. The number of aromatic carboxylic acids is 1. The third kappa shape index (κ3) is 2.15. The molecule has 0 fully saturated rings. The van der Waals surface area contributed by atoms with E-state index in [0.29, 0.717) is 16.9 Å². The van der Waals surface area contributed by atoms with Crippen molar-refractivity contribution in [3.05, 3.63) is 58.6 Å². The summed E-state index contributed by atoms with van der Waals surface area (Å²) in [5, 5.41) is 9.09. The van der Waals surface area contributed by atoms with Gasteiger partial charge in [-0.15, -0.1) is 0 Å². The van der Waals surface area contributed by atoms with E-state index in [4.69, 9.17) is 16.7 Å². The number of halogens is 2. The van der Waals surface area contributed by atoms with Crippen molar-refractivity contribution in [2.75, 3.05) is 0 Å². The molecule has 1 N–H and O–H groups in total. The third-order valence-electron chi connectivity index (χ3n) is 3.24. The van der Waals surface area contributed by atoms with Crippen molar-refractivity contribution in [1.82, 2.24) is 9.55 Å². The Hall–Kier alpha value is -2.40. The van der Waals surface area contributed by atoms with E-state index < -0.39 is 11.8 Å². The zero-order valence-corrected chi connectivity index (χ0v) is 11.7. The van der Waals surface area contributed by atoms with Gasteiger partial charge >= 0.3 is 5.97 Å². The number of aromatic nitrogens is 2. The highest BCUT2D eigenvalue weighted by atomic mass is 35.5. The zero-order chi connectivity index (χ0) is 15.1. The van der Waals surface area contributed by atoms with Gasteiger partial charge in [-0.3, -0.25) is 4.57 Å². The van der Waals surface area contributed by atoms with Crippen molar-refractivity contribution >= 4 is 28.6 Å². The molecule has 21 heavy (non-hydrogen) atoms. The monoisotopic (exact) mass is 304 g/mol. The lowest BCUT2D eigenvalue weighted by Gasteiger charge is -2.09. The molecule has 0 amide bonds. The first kappa shape index (κ1) is 13.6. The highest BCUT2D eigenvalue weighted by molar-refractivity contribution is 6.30. The van der Waals surface area contributed by atoms with Gasteiger partial charge in [-0.1, -0.05) is 17.7 Å². The molecule has 3 rings (SSSR count). The van der Waals surface area contributed by atoms with Crippen LogP contribution in [0.3, 0.4) is 0 Å². The average Bonchev–Trinajstić information content (AvgIpc) is 2.77. The molecule has 4 nitrogen and oxygen atoms in total. The van der Waals surface area contributed by atoms with Crippen molar-refractivity contribution in [3.8, 4) is 5.69 Å². The van der Waals surface area contributed by atoms with Crippen molar-refractivity contribution in [2.45, 2.75) is 6.92 Å². The van der Waals surface area contributed by atoms with Crippen molar-refractivity contribution in [2.24, 2.45) is 0 Å². The summed E-state index contributed by atoms with van der Waals surface area (Å²) in [7, 11) is 0. The highest BCUT2D eigenvalue weighted by Gasteiger charge is 2.16. The van der Waals surface area contributed by atoms with Gasteiger partial charge in [0.15, 0.2) is 5.82 Å². The molecule has 106 valence electrons. The lowest BCUT2D eigenvalue weighted by molar-refractivity contribution is 0.0697. The Kier molecular flexibility index (Phi) is 3.14. The molecular weight excluding hydrogens is 295 g/mol.